The lowest BCUT2D eigenvalue weighted by Crippen LogP contribution is -2.34. The SMILES string of the molecule is O=C(COC(=O)c1cn(Cc2ccccc2)nn1)NC1CCCc2ccccc21. The fourth-order valence-electron chi connectivity index (χ4n) is 3.58. The summed E-state index contributed by atoms with van der Waals surface area (Å²) in [5.41, 5.74) is 3.53. The number of aryl methyl sites for hydroxylation is 1. The molecule has 4 rings (SSSR count). The average Bonchev–Trinajstić information content (AvgIpc) is 3.22. The molecule has 1 atom stereocenters. The number of fused-ring (bicyclic) bond motifs is 1. The molecule has 1 amide bonds. The van der Waals surface area contributed by atoms with Gasteiger partial charge in [-0.1, -0.05) is 59.8 Å². The van der Waals surface area contributed by atoms with Crippen LogP contribution in [0.25, 0.3) is 0 Å². The molecule has 2 aromatic carbocycles. The number of hydrogen-bond acceptors (Lipinski definition) is 5. The highest BCUT2D eigenvalue weighted by molar-refractivity contribution is 5.89. The topological polar surface area (TPSA) is 86.1 Å². The summed E-state index contributed by atoms with van der Waals surface area (Å²) in [4.78, 5) is 24.5. The van der Waals surface area contributed by atoms with Crippen molar-refractivity contribution in [2.75, 3.05) is 6.61 Å². The van der Waals surface area contributed by atoms with E-state index in [0.29, 0.717) is 6.54 Å². The monoisotopic (exact) mass is 390 g/mol. The largest absolute Gasteiger partial charge is 0.451 e. The molecule has 1 aromatic heterocycles. The van der Waals surface area contributed by atoms with E-state index in [2.05, 4.69) is 21.7 Å². The number of ether oxygens (including phenoxy) is 1. The van der Waals surface area contributed by atoms with E-state index in [1.54, 1.807) is 4.68 Å². The van der Waals surface area contributed by atoms with Crippen LogP contribution >= 0.6 is 0 Å². The van der Waals surface area contributed by atoms with Gasteiger partial charge < -0.3 is 10.1 Å². The van der Waals surface area contributed by atoms with Gasteiger partial charge in [0.2, 0.25) is 0 Å². The highest BCUT2D eigenvalue weighted by Crippen LogP contribution is 2.29. The number of esters is 1. The number of nitrogens with one attached hydrogen (secondary N) is 1. The number of amides is 1. The maximum Gasteiger partial charge on any atom is 0.361 e. The molecule has 0 spiro atoms. The Kier molecular flexibility index (Phi) is 5.65. The van der Waals surface area contributed by atoms with Crippen LogP contribution in [0.3, 0.4) is 0 Å². The van der Waals surface area contributed by atoms with Gasteiger partial charge in [-0.05, 0) is 36.0 Å². The first-order valence-corrected chi connectivity index (χ1v) is 9.67. The third-order valence-electron chi connectivity index (χ3n) is 4.97. The summed E-state index contributed by atoms with van der Waals surface area (Å²) in [5, 5.41) is 10.7. The highest BCUT2D eigenvalue weighted by atomic mass is 16.5. The van der Waals surface area contributed by atoms with Gasteiger partial charge in [-0.3, -0.25) is 4.79 Å². The van der Waals surface area contributed by atoms with Crippen molar-refractivity contribution in [2.24, 2.45) is 0 Å². The van der Waals surface area contributed by atoms with Gasteiger partial charge >= 0.3 is 5.97 Å². The molecule has 7 heteroatoms. The van der Waals surface area contributed by atoms with Crippen LogP contribution in [0.5, 0.6) is 0 Å². The summed E-state index contributed by atoms with van der Waals surface area (Å²) >= 11 is 0. The Morgan fingerprint density at radius 1 is 1.10 bits per heavy atom. The van der Waals surface area contributed by atoms with Gasteiger partial charge in [0.25, 0.3) is 5.91 Å². The minimum atomic E-state index is -0.663. The van der Waals surface area contributed by atoms with Gasteiger partial charge in [0.1, 0.15) is 0 Å². The molecular formula is C22H22N4O3. The van der Waals surface area contributed by atoms with E-state index in [0.717, 1.165) is 30.4 Å². The normalized spacial score (nSPS) is 15.4. The minimum Gasteiger partial charge on any atom is -0.451 e. The predicted octanol–water partition coefficient (Wildman–Crippen LogP) is 2.68. The molecular weight excluding hydrogens is 368 g/mol. The summed E-state index contributed by atoms with van der Waals surface area (Å²) in [5.74, 6) is -0.986. The zero-order valence-corrected chi connectivity index (χ0v) is 16.0. The average molecular weight is 390 g/mol. The second-order valence-corrected chi connectivity index (χ2v) is 7.07. The summed E-state index contributed by atoms with van der Waals surface area (Å²) in [6.45, 7) is 0.158. The number of carbonyl (C=O) groups is 2. The first-order chi connectivity index (χ1) is 14.2. The van der Waals surface area contributed by atoms with Crippen molar-refractivity contribution in [1.29, 1.82) is 0 Å². The fraction of sp³-hybridized carbons (Fsp3) is 0.273. The number of hydrogen-bond donors (Lipinski definition) is 1. The van der Waals surface area contributed by atoms with Gasteiger partial charge in [0.15, 0.2) is 12.3 Å². The Labute approximate surface area is 168 Å². The second-order valence-electron chi connectivity index (χ2n) is 7.07. The standard InChI is InChI=1S/C22H22N4O3/c27-21(23-19-12-6-10-17-9-4-5-11-18(17)19)15-29-22(28)20-14-26(25-24-20)13-16-7-2-1-3-8-16/h1-5,7-9,11,14,19H,6,10,12-13,15H2,(H,23,27). The molecule has 1 aliphatic rings. The highest BCUT2D eigenvalue weighted by Gasteiger charge is 2.22. The lowest BCUT2D eigenvalue weighted by Gasteiger charge is -2.26. The maximum atomic E-state index is 12.3. The maximum absolute atomic E-state index is 12.3. The number of rotatable bonds is 6. The van der Waals surface area contributed by atoms with Crippen molar-refractivity contribution in [3.63, 3.8) is 0 Å². The number of benzene rings is 2. The molecule has 0 bridgehead atoms. The minimum absolute atomic E-state index is 0.0436. The molecule has 0 fully saturated rings. The predicted molar refractivity (Wildman–Crippen MR) is 106 cm³/mol. The number of nitrogens with zero attached hydrogens (tertiary/aromatic N) is 3. The molecule has 0 aliphatic heterocycles. The molecule has 148 valence electrons. The third kappa shape index (κ3) is 4.68. The van der Waals surface area contributed by atoms with Crippen molar-refractivity contribution >= 4 is 11.9 Å². The number of aromatic nitrogens is 3. The van der Waals surface area contributed by atoms with Gasteiger partial charge in [0, 0.05) is 0 Å². The third-order valence-corrected chi connectivity index (χ3v) is 4.97. The lowest BCUT2D eigenvalue weighted by atomic mass is 9.88. The van der Waals surface area contributed by atoms with Gasteiger partial charge in [0.05, 0.1) is 18.8 Å². The molecule has 0 saturated carbocycles. The van der Waals surface area contributed by atoms with E-state index in [1.807, 2.05) is 48.5 Å². The Bertz CT molecular complexity index is 1000. The van der Waals surface area contributed by atoms with Crippen LogP contribution in [-0.2, 0) is 22.5 Å². The summed E-state index contributed by atoms with van der Waals surface area (Å²) < 4.78 is 6.68. The fourth-order valence-corrected chi connectivity index (χ4v) is 3.58. The van der Waals surface area contributed by atoms with Gasteiger partial charge in [-0.15, -0.1) is 5.10 Å². The molecule has 0 radical (unpaired) electrons. The van der Waals surface area contributed by atoms with Crippen molar-refractivity contribution in [3.05, 3.63) is 83.2 Å². The van der Waals surface area contributed by atoms with E-state index in [9.17, 15) is 9.59 Å². The van der Waals surface area contributed by atoms with Crippen LogP contribution in [-0.4, -0.2) is 33.5 Å². The van der Waals surface area contributed by atoms with Crippen LogP contribution in [0.4, 0.5) is 0 Å². The summed E-state index contributed by atoms with van der Waals surface area (Å²) in [7, 11) is 0. The van der Waals surface area contributed by atoms with Crippen LogP contribution in [0.1, 0.15) is 46.1 Å². The lowest BCUT2D eigenvalue weighted by molar-refractivity contribution is -0.125. The first-order valence-electron chi connectivity index (χ1n) is 9.67. The Balaban J connectivity index is 1.29. The summed E-state index contributed by atoms with van der Waals surface area (Å²) in [6, 6.07) is 17.8. The van der Waals surface area contributed by atoms with Gasteiger partial charge in [-0.2, -0.15) is 0 Å². The molecule has 1 heterocycles. The Morgan fingerprint density at radius 2 is 1.90 bits per heavy atom. The van der Waals surface area contributed by atoms with E-state index in [1.165, 1.54) is 11.8 Å². The van der Waals surface area contributed by atoms with Crippen LogP contribution in [0.2, 0.25) is 0 Å². The van der Waals surface area contributed by atoms with Crippen molar-refractivity contribution in [1.82, 2.24) is 20.3 Å². The molecule has 29 heavy (non-hydrogen) atoms. The molecule has 3 aromatic rings. The molecule has 1 N–H and O–H groups in total. The molecule has 1 aliphatic carbocycles. The molecule has 7 nitrogen and oxygen atoms in total. The number of carbonyl (C=O) groups excluding carboxylic acids is 2. The van der Waals surface area contributed by atoms with Crippen molar-refractivity contribution in [2.45, 2.75) is 31.8 Å². The smallest absolute Gasteiger partial charge is 0.361 e. The first kappa shape index (κ1) is 18.9. The van der Waals surface area contributed by atoms with E-state index in [-0.39, 0.29) is 24.2 Å². The quantitative estimate of drug-likeness (QED) is 0.654. The van der Waals surface area contributed by atoms with Crippen LogP contribution in [0.15, 0.2) is 60.8 Å². The van der Waals surface area contributed by atoms with Crippen molar-refractivity contribution < 1.29 is 14.3 Å². The van der Waals surface area contributed by atoms with Crippen LogP contribution < -0.4 is 5.32 Å². The summed E-state index contributed by atoms with van der Waals surface area (Å²) in [6.07, 6.45) is 4.44. The molecule has 1 unspecified atom stereocenters. The van der Waals surface area contributed by atoms with E-state index < -0.39 is 5.97 Å². The Hall–Kier alpha value is -3.48. The van der Waals surface area contributed by atoms with Crippen LogP contribution in [0, 0.1) is 0 Å². The van der Waals surface area contributed by atoms with E-state index >= 15 is 0 Å². The molecule has 0 saturated heterocycles. The zero-order chi connectivity index (χ0) is 20.1. The Morgan fingerprint density at radius 3 is 2.76 bits per heavy atom. The second kappa shape index (κ2) is 8.68. The van der Waals surface area contributed by atoms with E-state index in [4.69, 9.17) is 4.74 Å². The zero-order valence-electron chi connectivity index (χ0n) is 16.0. The van der Waals surface area contributed by atoms with Gasteiger partial charge in [-0.25, -0.2) is 9.48 Å². The van der Waals surface area contributed by atoms with Crippen molar-refractivity contribution in [3.8, 4) is 0 Å².